The first-order valence-electron chi connectivity index (χ1n) is 5.04. The Bertz CT molecular complexity index is 379. The number of benzene rings is 1. The van der Waals surface area contributed by atoms with Gasteiger partial charge in [-0.1, -0.05) is 36.9 Å². The molecule has 1 unspecified atom stereocenters. The number of ether oxygens (including phenoxy) is 1. The van der Waals surface area contributed by atoms with Crippen LogP contribution in [0, 0.1) is 0 Å². The first-order valence-corrected chi connectivity index (χ1v) is 5.04. The molecule has 3 heteroatoms. The molecule has 0 radical (unpaired) electrons. The van der Waals surface area contributed by atoms with Crippen molar-refractivity contribution >= 4 is 5.97 Å². The van der Waals surface area contributed by atoms with E-state index >= 15 is 0 Å². The summed E-state index contributed by atoms with van der Waals surface area (Å²) in [7, 11) is 0. The van der Waals surface area contributed by atoms with Crippen LogP contribution in [0.2, 0.25) is 0 Å². The average molecular weight is 220 g/mol. The van der Waals surface area contributed by atoms with Crippen molar-refractivity contribution < 1.29 is 14.6 Å². The third kappa shape index (κ3) is 3.21. The maximum atomic E-state index is 11.2. The van der Waals surface area contributed by atoms with E-state index in [0.29, 0.717) is 11.1 Å². The smallest absolute Gasteiger partial charge is 0.333 e. The molecule has 0 saturated carbocycles. The number of carbonyl (C=O) groups excluding carboxylic acids is 1. The van der Waals surface area contributed by atoms with Crippen LogP contribution in [-0.4, -0.2) is 17.7 Å². The van der Waals surface area contributed by atoms with E-state index < -0.39 is 11.6 Å². The van der Waals surface area contributed by atoms with Crippen LogP contribution >= 0.6 is 0 Å². The van der Waals surface area contributed by atoms with Crippen molar-refractivity contribution in [3.8, 4) is 0 Å². The molecule has 1 N–H and O–H groups in total. The van der Waals surface area contributed by atoms with Crippen molar-refractivity contribution in [2.24, 2.45) is 0 Å². The molecular weight excluding hydrogens is 204 g/mol. The predicted octanol–water partition coefficient (Wildman–Crippen LogP) is 2.01. The highest BCUT2D eigenvalue weighted by atomic mass is 16.5. The van der Waals surface area contributed by atoms with Gasteiger partial charge in [-0.05, 0) is 19.4 Å². The van der Waals surface area contributed by atoms with Crippen LogP contribution in [0.15, 0.2) is 42.5 Å². The second-order valence-corrected chi connectivity index (χ2v) is 4.00. The van der Waals surface area contributed by atoms with Crippen LogP contribution in [0.3, 0.4) is 0 Å². The second kappa shape index (κ2) is 4.94. The van der Waals surface area contributed by atoms with Gasteiger partial charge in [-0.15, -0.1) is 0 Å². The highest BCUT2D eigenvalue weighted by molar-refractivity contribution is 5.86. The van der Waals surface area contributed by atoms with E-state index in [1.54, 1.807) is 26.0 Å². The summed E-state index contributed by atoms with van der Waals surface area (Å²) in [4.78, 5) is 11.2. The SMILES string of the molecule is C=C(C)C(=O)OCC(C)(O)c1ccccc1. The Hall–Kier alpha value is -1.61. The maximum Gasteiger partial charge on any atom is 0.333 e. The van der Waals surface area contributed by atoms with Gasteiger partial charge in [0.25, 0.3) is 0 Å². The molecule has 0 spiro atoms. The molecule has 1 aromatic carbocycles. The molecule has 0 aliphatic rings. The van der Waals surface area contributed by atoms with Gasteiger partial charge in [0, 0.05) is 5.57 Å². The van der Waals surface area contributed by atoms with Crippen molar-refractivity contribution in [3.63, 3.8) is 0 Å². The van der Waals surface area contributed by atoms with E-state index in [1.807, 2.05) is 18.2 Å². The molecule has 0 saturated heterocycles. The summed E-state index contributed by atoms with van der Waals surface area (Å²) in [5.41, 5.74) is -0.139. The summed E-state index contributed by atoms with van der Waals surface area (Å²) in [5, 5.41) is 10.1. The number of hydrogen-bond donors (Lipinski definition) is 1. The number of carbonyl (C=O) groups is 1. The number of esters is 1. The molecule has 0 aromatic heterocycles. The quantitative estimate of drug-likeness (QED) is 0.623. The van der Waals surface area contributed by atoms with E-state index in [0.717, 1.165) is 0 Å². The third-order valence-corrected chi connectivity index (χ3v) is 2.23. The van der Waals surface area contributed by atoms with Gasteiger partial charge < -0.3 is 9.84 Å². The number of rotatable bonds is 4. The van der Waals surface area contributed by atoms with E-state index in [4.69, 9.17) is 4.74 Å². The third-order valence-electron chi connectivity index (χ3n) is 2.23. The predicted molar refractivity (Wildman–Crippen MR) is 61.8 cm³/mol. The molecule has 1 rings (SSSR count). The first kappa shape index (κ1) is 12.5. The summed E-state index contributed by atoms with van der Waals surface area (Å²) >= 11 is 0. The molecule has 0 amide bonds. The molecule has 0 bridgehead atoms. The lowest BCUT2D eigenvalue weighted by atomic mass is 9.97. The standard InChI is InChI=1S/C13H16O3/c1-10(2)12(14)16-9-13(3,15)11-7-5-4-6-8-11/h4-8,15H,1,9H2,2-3H3. The minimum absolute atomic E-state index is 0.0806. The molecule has 1 aromatic rings. The van der Waals surface area contributed by atoms with Gasteiger partial charge in [0.05, 0.1) is 0 Å². The fourth-order valence-electron chi connectivity index (χ4n) is 1.21. The van der Waals surface area contributed by atoms with E-state index in [1.165, 1.54) is 0 Å². The van der Waals surface area contributed by atoms with Crippen LogP contribution in [0.5, 0.6) is 0 Å². The molecule has 16 heavy (non-hydrogen) atoms. The minimum atomic E-state index is -1.17. The summed E-state index contributed by atoms with van der Waals surface area (Å²) in [6.07, 6.45) is 0. The van der Waals surface area contributed by atoms with Gasteiger partial charge in [-0.2, -0.15) is 0 Å². The van der Waals surface area contributed by atoms with Gasteiger partial charge in [-0.3, -0.25) is 0 Å². The second-order valence-electron chi connectivity index (χ2n) is 4.00. The highest BCUT2D eigenvalue weighted by Gasteiger charge is 2.24. The zero-order chi connectivity index (χ0) is 12.2. The summed E-state index contributed by atoms with van der Waals surface area (Å²) in [6.45, 7) is 6.57. The van der Waals surface area contributed by atoms with Crippen molar-refractivity contribution in [1.82, 2.24) is 0 Å². The van der Waals surface area contributed by atoms with Crippen molar-refractivity contribution in [3.05, 3.63) is 48.0 Å². The van der Waals surface area contributed by atoms with Crippen molar-refractivity contribution in [2.75, 3.05) is 6.61 Å². The Morgan fingerprint density at radius 1 is 1.44 bits per heavy atom. The Morgan fingerprint density at radius 3 is 2.50 bits per heavy atom. The summed E-state index contributed by atoms with van der Waals surface area (Å²) < 4.78 is 4.93. The van der Waals surface area contributed by atoms with Gasteiger partial charge in [0.2, 0.25) is 0 Å². The molecule has 0 aliphatic carbocycles. The van der Waals surface area contributed by atoms with Crippen LogP contribution < -0.4 is 0 Å². The van der Waals surface area contributed by atoms with Crippen LogP contribution in [0.25, 0.3) is 0 Å². The molecule has 3 nitrogen and oxygen atoms in total. The number of hydrogen-bond acceptors (Lipinski definition) is 3. The Balaban J connectivity index is 2.66. The fraction of sp³-hybridized carbons (Fsp3) is 0.308. The monoisotopic (exact) mass is 220 g/mol. The van der Waals surface area contributed by atoms with E-state index in [2.05, 4.69) is 6.58 Å². The van der Waals surface area contributed by atoms with Crippen molar-refractivity contribution in [2.45, 2.75) is 19.4 Å². The van der Waals surface area contributed by atoms with Crippen LogP contribution in [0.4, 0.5) is 0 Å². The molecule has 0 heterocycles. The van der Waals surface area contributed by atoms with E-state index in [-0.39, 0.29) is 6.61 Å². The molecule has 1 atom stereocenters. The molecule has 86 valence electrons. The van der Waals surface area contributed by atoms with Gasteiger partial charge in [-0.25, -0.2) is 4.79 Å². The Labute approximate surface area is 95.4 Å². The maximum absolute atomic E-state index is 11.2. The van der Waals surface area contributed by atoms with Gasteiger partial charge >= 0.3 is 5.97 Å². The molecule has 0 aliphatic heterocycles. The topological polar surface area (TPSA) is 46.5 Å². The first-order chi connectivity index (χ1) is 7.43. The van der Waals surface area contributed by atoms with Crippen molar-refractivity contribution in [1.29, 1.82) is 0 Å². The fourth-order valence-corrected chi connectivity index (χ4v) is 1.21. The molecular formula is C13H16O3. The van der Waals surface area contributed by atoms with E-state index in [9.17, 15) is 9.90 Å². The van der Waals surface area contributed by atoms with Crippen LogP contribution in [-0.2, 0) is 15.1 Å². The average Bonchev–Trinajstić information content (AvgIpc) is 2.27. The van der Waals surface area contributed by atoms with Gasteiger partial charge in [0.15, 0.2) is 0 Å². The zero-order valence-electron chi connectivity index (χ0n) is 9.56. The Morgan fingerprint density at radius 2 is 2.00 bits per heavy atom. The zero-order valence-corrected chi connectivity index (χ0v) is 9.56. The lowest BCUT2D eigenvalue weighted by Crippen LogP contribution is -2.29. The number of aliphatic hydroxyl groups is 1. The largest absolute Gasteiger partial charge is 0.459 e. The lowest BCUT2D eigenvalue weighted by molar-refractivity contribution is -0.146. The minimum Gasteiger partial charge on any atom is -0.459 e. The Kier molecular flexibility index (Phi) is 3.85. The normalized spacial score (nSPS) is 13.9. The molecule has 0 fully saturated rings. The highest BCUT2D eigenvalue weighted by Crippen LogP contribution is 2.20. The van der Waals surface area contributed by atoms with Gasteiger partial charge in [0.1, 0.15) is 12.2 Å². The lowest BCUT2D eigenvalue weighted by Gasteiger charge is -2.23. The summed E-state index contributed by atoms with van der Waals surface area (Å²) in [5.74, 6) is -0.490. The summed E-state index contributed by atoms with van der Waals surface area (Å²) in [6, 6.07) is 9.08. The van der Waals surface area contributed by atoms with Crippen LogP contribution in [0.1, 0.15) is 19.4 Å².